The van der Waals surface area contributed by atoms with Gasteiger partial charge in [-0.25, -0.2) is 8.78 Å². The minimum atomic E-state index is -1.71. The Morgan fingerprint density at radius 3 is 2.47 bits per heavy atom. The van der Waals surface area contributed by atoms with Crippen LogP contribution < -0.4 is 5.32 Å². The number of aliphatic hydroxyl groups excluding tert-OH is 2. The highest BCUT2D eigenvalue weighted by atomic mass is 35.5. The highest BCUT2D eigenvalue weighted by Crippen LogP contribution is 2.54. The number of ketones is 1. The number of nitrogens with zero attached hydrogens (tertiary/aromatic N) is 2. The van der Waals surface area contributed by atoms with Crippen molar-refractivity contribution in [2.24, 2.45) is 11.3 Å². The van der Waals surface area contributed by atoms with Gasteiger partial charge in [0, 0.05) is 35.5 Å². The van der Waals surface area contributed by atoms with Crippen LogP contribution in [-0.2, 0) is 16.8 Å². The summed E-state index contributed by atoms with van der Waals surface area (Å²) in [6.07, 6.45) is 1.79. The third kappa shape index (κ3) is 8.04. The molecule has 2 heterocycles. The Morgan fingerprint density at radius 1 is 1.10 bits per heavy atom. The summed E-state index contributed by atoms with van der Waals surface area (Å²) in [5.41, 5.74) is -0.696. The number of piperidine rings is 1. The lowest BCUT2D eigenvalue weighted by atomic mass is 9.60. The highest BCUT2D eigenvalue weighted by molar-refractivity contribution is 6.31. The van der Waals surface area contributed by atoms with Crippen LogP contribution >= 0.6 is 23.2 Å². The topological polar surface area (TPSA) is 96.6 Å². The summed E-state index contributed by atoms with van der Waals surface area (Å²) in [6, 6.07) is 19.6. The fraction of sp³-hybridized carbons (Fsp3) is 0.487. The molecule has 2 aliphatic rings. The van der Waals surface area contributed by atoms with E-state index in [1.807, 2.05) is 18.2 Å². The number of halogens is 4. The minimum absolute atomic E-state index is 0.00794. The van der Waals surface area contributed by atoms with E-state index in [1.54, 1.807) is 6.07 Å². The van der Waals surface area contributed by atoms with Crippen molar-refractivity contribution in [3.63, 3.8) is 0 Å². The standard InChI is InChI=1S/C39H45Cl2F2N3O3/c1-38(2,26-16-18-46(19-17-26)22-25-8-4-3-5-9-25)21-34-39(24-44,30-15-14-27(40)20-32(30)42)35(29-11-7-12-31(41)36(29)43)37(45-34)33(49)13-6-10-28(48)23-47/h3-5,7-9,11-12,14-15,20,26,28,34-35,37,45,47-48H,6,10,13,16-19,21-23H2,1-2H3/t28-,34-,35-,37-,39-/m0/s1. The molecule has 2 aliphatic heterocycles. The molecule has 0 unspecified atom stereocenters. The van der Waals surface area contributed by atoms with Gasteiger partial charge in [0.25, 0.3) is 0 Å². The molecule has 5 rings (SSSR count). The first-order valence-corrected chi connectivity index (χ1v) is 17.8. The molecule has 3 aromatic rings. The molecule has 262 valence electrons. The van der Waals surface area contributed by atoms with Crippen molar-refractivity contribution in [1.82, 2.24) is 10.2 Å². The zero-order valence-electron chi connectivity index (χ0n) is 28.0. The average molecular weight is 713 g/mol. The molecule has 0 radical (unpaired) electrons. The van der Waals surface area contributed by atoms with Crippen molar-refractivity contribution < 1.29 is 23.8 Å². The number of nitrogens with one attached hydrogen (secondary N) is 1. The van der Waals surface area contributed by atoms with Gasteiger partial charge >= 0.3 is 0 Å². The molecular formula is C39H45Cl2F2N3O3. The number of likely N-dealkylation sites (tertiary alicyclic amines) is 1. The lowest BCUT2D eigenvalue weighted by Crippen LogP contribution is -2.47. The maximum Gasteiger partial charge on any atom is 0.150 e. The van der Waals surface area contributed by atoms with E-state index in [9.17, 15) is 20.3 Å². The monoisotopic (exact) mass is 711 g/mol. The summed E-state index contributed by atoms with van der Waals surface area (Å²) in [5, 5.41) is 33.9. The van der Waals surface area contributed by atoms with Crippen LogP contribution in [0.25, 0.3) is 0 Å². The molecule has 49 heavy (non-hydrogen) atoms. The van der Waals surface area contributed by atoms with Crippen molar-refractivity contribution in [2.75, 3.05) is 19.7 Å². The van der Waals surface area contributed by atoms with Gasteiger partial charge in [-0.15, -0.1) is 0 Å². The maximum absolute atomic E-state index is 16.1. The van der Waals surface area contributed by atoms with Gasteiger partial charge in [0.1, 0.15) is 22.8 Å². The van der Waals surface area contributed by atoms with Crippen molar-refractivity contribution in [3.05, 3.63) is 105 Å². The van der Waals surface area contributed by atoms with E-state index in [4.69, 9.17) is 23.2 Å². The molecule has 0 saturated carbocycles. The molecule has 0 amide bonds. The third-order valence-electron chi connectivity index (χ3n) is 10.8. The SMILES string of the molecule is CC(C)(C[C@@H]1N[C@@H](C(=O)CCC[C@H](O)CO)[C@H](c2cccc(Cl)c2F)[C@@]1(C#N)c1ccc(Cl)cc1F)C1CCN(Cc2ccccc2)CC1. The first-order chi connectivity index (χ1) is 23.4. The highest BCUT2D eigenvalue weighted by Gasteiger charge is 2.61. The van der Waals surface area contributed by atoms with Gasteiger partial charge in [0.05, 0.1) is 29.8 Å². The molecule has 0 spiro atoms. The number of nitriles is 1. The van der Waals surface area contributed by atoms with E-state index >= 15 is 8.78 Å². The van der Waals surface area contributed by atoms with Crippen LogP contribution in [0.5, 0.6) is 0 Å². The van der Waals surface area contributed by atoms with Gasteiger partial charge in [-0.2, -0.15) is 5.26 Å². The first kappa shape index (κ1) is 37.4. The largest absolute Gasteiger partial charge is 0.394 e. The second-order valence-electron chi connectivity index (χ2n) is 14.3. The minimum Gasteiger partial charge on any atom is -0.394 e. The molecule has 3 N–H and O–H groups in total. The number of Topliss-reactive ketones (excluding diaryl/α,β-unsaturated/α-hetero) is 1. The Bertz CT molecular complexity index is 1640. The second kappa shape index (κ2) is 16.0. The van der Waals surface area contributed by atoms with Gasteiger partial charge in [-0.3, -0.25) is 9.69 Å². The number of hydrogen-bond donors (Lipinski definition) is 3. The van der Waals surface area contributed by atoms with Crippen LogP contribution in [0.1, 0.15) is 75.0 Å². The number of carbonyl (C=O) groups excluding carboxylic acids is 1. The van der Waals surface area contributed by atoms with Crippen molar-refractivity contribution >= 4 is 29.0 Å². The molecule has 2 saturated heterocycles. The van der Waals surface area contributed by atoms with E-state index in [-0.39, 0.29) is 57.6 Å². The van der Waals surface area contributed by atoms with E-state index < -0.39 is 47.8 Å². The lowest BCUT2D eigenvalue weighted by molar-refractivity contribution is -0.121. The molecule has 0 aromatic heterocycles. The molecule has 5 atom stereocenters. The quantitative estimate of drug-likeness (QED) is 0.169. The Balaban J connectivity index is 1.52. The number of benzene rings is 3. The summed E-state index contributed by atoms with van der Waals surface area (Å²) in [4.78, 5) is 16.5. The van der Waals surface area contributed by atoms with Crippen LogP contribution in [0.4, 0.5) is 8.78 Å². The van der Waals surface area contributed by atoms with Crippen molar-refractivity contribution in [1.29, 1.82) is 5.26 Å². The van der Waals surface area contributed by atoms with E-state index in [2.05, 4.69) is 42.3 Å². The smallest absolute Gasteiger partial charge is 0.150 e. The zero-order chi connectivity index (χ0) is 35.3. The third-order valence-corrected chi connectivity index (χ3v) is 11.3. The summed E-state index contributed by atoms with van der Waals surface area (Å²) in [5.74, 6) is -2.61. The molecule has 0 aliphatic carbocycles. The fourth-order valence-corrected chi connectivity index (χ4v) is 8.50. The van der Waals surface area contributed by atoms with E-state index in [0.29, 0.717) is 6.42 Å². The lowest BCUT2D eigenvalue weighted by Gasteiger charge is -2.44. The van der Waals surface area contributed by atoms with Crippen LogP contribution in [-0.4, -0.2) is 58.8 Å². The molecular weight excluding hydrogens is 667 g/mol. The maximum atomic E-state index is 16.1. The summed E-state index contributed by atoms with van der Waals surface area (Å²) in [6.45, 7) is 6.58. The normalized spacial score (nSPS) is 24.1. The number of hydrogen-bond acceptors (Lipinski definition) is 6. The molecule has 3 aromatic carbocycles. The van der Waals surface area contributed by atoms with E-state index in [1.165, 1.54) is 29.8 Å². The van der Waals surface area contributed by atoms with Gasteiger partial charge in [0.15, 0.2) is 0 Å². The zero-order valence-corrected chi connectivity index (χ0v) is 29.5. The molecule has 10 heteroatoms. The Labute approximate surface area is 298 Å². The number of rotatable bonds is 13. The van der Waals surface area contributed by atoms with Crippen LogP contribution in [0, 0.1) is 34.3 Å². The van der Waals surface area contributed by atoms with Crippen LogP contribution in [0.3, 0.4) is 0 Å². The van der Waals surface area contributed by atoms with Gasteiger partial charge in [-0.1, -0.05) is 85.6 Å². The van der Waals surface area contributed by atoms with Gasteiger partial charge < -0.3 is 15.5 Å². The number of carbonyl (C=O) groups is 1. The van der Waals surface area contributed by atoms with Crippen molar-refractivity contribution in [2.45, 2.75) is 88.4 Å². The van der Waals surface area contributed by atoms with Gasteiger partial charge in [0.2, 0.25) is 0 Å². The van der Waals surface area contributed by atoms with Gasteiger partial charge in [-0.05, 0) is 85.9 Å². The Hall–Kier alpha value is -2.90. The molecule has 2 fully saturated rings. The first-order valence-electron chi connectivity index (χ1n) is 17.1. The fourth-order valence-electron chi connectivity index (χ4n) is 8.16. The number of aliphatic hydroxyl groups is 2. The Kier molecular flexibility index (Phi) is 12.2. The molecule has 0 bridgehead atoms. The Morgan fingerprint density at radius 2 is 1.82 bits per heavy atom. The summed E-state index contributed by atoms with van der Waals surface area (Å²) in [7, 11) is 0. The average Bonchev–Trinajstić information content (AvgIpc) is 3.40. The second-order valence-corrected chi connectivity index (χ2v) is 15.2. The van der Waals surface area contributed by atoms with Crippen LogP contribution in [0.2, 0.25) is 10.0 Å². The van der Waals surface area contributed by atoms with E-state index in [0.717, 1.165) is 38.5 Å². The predicted octanol–water partition coefficient (Wildman–Crippen LogP) is 7.58. The van der Waals surface area contributed by atoms with Crippen molar-refractivity contribution in [3.8, 4) is 6.07 Å². The summed E-state index contributed by atoms with van der Waals surface area (Å²) >= 11 is 12.5. The molecule has 6 nitrogen and oxygen atoms in total. The summed E-state index contributed by atoms with van der Waals surface area (Å²) < 4.78 is 32.2. The van der Waals surface area contributed by atoms with Crippen LogP contribution in [0.15, 0.2) is 66.7 Å². The predicted molar refractivity (Wildman–Crippen MR) is 188 cm³/mol.